The van der Waals surface area contributed by atoms with Crippen molar-refractivity contribution >= 4 is 7.25 Å². The summed E-state index contributed by atoms with van der Waals surface area (Å²) in [7, 11) is -4.55. The number of hydrogen-bond acceptors (Lipinski definition) is 6. The minimum atomic E-state index is -6.00. The van der Waals surface area contributed by atoms with Crippen LogP contribution < -0.4 is 0 Å². The molecular weight excluding hydrogens is 281 g/mol. The van der Waals surface area contributed by atoms with Gasteiger partial charge >= 0.3 is 7.25 Å². The zero-order valence-electron chi connectivity index (χ0n) is 10.3. The van der Waals surface area contributed by atoms with Gasteiger partial charge in [-0.15, -0.1) is 14.5 Å². The zero-order chi connectivity index (χ0) is 15.4. The number of aliphatic hydroxyl groups excluding tert-OH is 3. The van der Waals surface area contributed by atoms with Crippen molar-refractivity contribution in [3.63, 3.8) is 0 Å². The molecule has 0 fully saturated rings. The first kappa shape index (κ1) is 20.8. The largest absolute Gasteiger partial charge is 0.673 e. The Balaban J connectivity index is 0. The Morgan fingerprint density at radius 3 is 1.16 bits per heavy atom. The topological polar surface area (TPSA) is 88.4 Å². The van der Waals surface area contributed by atoms with Gasteiger partial charge in [0, 0.05) is 0 Å². The zero-order valence-corrected chi connectivity index (χ0v) is 10.3. The van der Waals surface area contributed by atoms with Crippen LogP contribution in [0.15, 0.2) is 0 Å². The molecule has 0 saturated carbocycles. The van der Waals surface area contributed by atoms with E-state index < -0.39 is 12.2 Å². The maximum absolute atomic E-state index is 9.75. The molecule has 7 nitrogen and oxygen atoms in total. The Morgan fingerprint density at radius 1 is 0.789 bits per heavy atom. The number of hydroxylamine groups is 3. The van der Waals surface area contributed by atoms with Gasteiger partial charge in [-0.1, -0.05) is 0 Å². The van der Waals surface area contributed by atoms with Gasteiger partial charge in [-0.25, -0.2) is 0 Å². The van der Waals surface area contributed by atoms with Gasteiger partial charge in [0.1, 0.15) is 19.8 Å². The Morgan fingerprint density at radius 2 is 1.00 bits per heavy atom. The number of hydrogen-bond donors (Lipinski definition) is 3. The number of rotatable bonds is 9. The summed E-state index contributed by atoms with van der Waals surface area (Å²) in [6, 6.07) is 0. The molecule has 0 aliphatic rings. The first-order valence-corrected chi connectivity index (χ1v) is 5.18. The molecule has 118 valence electrons. The summed E-state index contributed by atoms with van der Waals surface area (Å²) in [6.07, 6.45) is 0. The predicted molar refractivity (Wildman–Crippen MR) is 55.5 cm³/mol. The summed E-state index contributed by atoms with van der Waals surface area (Å²) in [4.78, 5) is 14.3. The van der Waals surface area contributed by atoms with Gasteiger partial charge < -0.3 is 32.6 Å². The molecule has 0 aliphatic carbocycles. The van der Waals surface area contributed by atoms with Gasteiger partial charge in [0.2, 0.25) is 0 Å². The molecule has 0 radical (unpaired) electrons. The van der Waals surface area contributed by atoms with E-state index in [2.05, 4.69) is 0 Å². The van der Waals surface area contributed by atoms with Crippen LogP contribution in [0.25, 0.3) is 0 Å². The second kappa shape index (κ2) is 11.3. The van der Waals surface area contributed by atoms with Crippen LogP contribution in [0.3, 0.4) is 0 Å². The van der Waals surface area contributed by atoms with E-state index in [1.54, 1.807) is 0 Å². The van der Waals surface area contributed by atoms with E-state index in [-0.39, 0.29) is 39.6 Å². The van der Waals surface area contributed by atoms with E-state index in [4.69, 9.17) is 29.8 Å². The Labute approximate surface area is 107 Å². The normalized spacial score (nSPS) is 12.0. The minimum Gasteiger partial charge on any atom is -0.418 e. The van der Waals surface area contributed by atoms with Gasteiger partial charge in [-0.3, -0.25) is 0 Å². The Hall–Kier alpha value is -0.495. The van der Waals surface area contributed by atoms with Crippen molar-refractivity contribution in [1.29, 1.82) is 0 Å². The van der Waals surface area contributed by atoms with E-state index in [1.165, 1.54) is 7.05 Å². The van der Waals surface area contributed by atoms with Gasteiger partial charge in [-0.2, -0.15) is 0 Å². The van der Waals surface area contributed by atoms with Gasteiger partial charge in [0.05, 0.1) is 24.8 Å². The van der Waals surface area contributed by atoms with Gasteiger partial charge in [0.25, 0.3) is 0 Å². The highest BCUT2D eigenvalue weighted by atomic mass is 19.5. The molecule has 0 unspecified atom stereocenters. The first-order valence-electron chi connectivity index (χ1n) is 5.18. The Kier molecular flexibility index (Phi) is 12.4. The van der Waals surface area contributed by atoms with Crippen LogP contribution in [0.5, 0.6) is 0 Å². The van der Waals surface area contributed by atoms with Crippen LogP contribution in [0.2, 0.25) is 0 Å². The highest BCUT2D eigenvalue weighted by molar-refractivity contribution is 6.50. The van der Waals surface area contributed by atoms with Crippen LogP contribution in [0.1, 0.15) is 0 Å². The smallest absolute Gasteiger partial charge is 0.418 e. The van der Waals surface area contributed by atoms with Crippen LogP contribution in [0.4, 0.5) is 17.3 Å². The predicted octanol–water partition coefficient (Wildman–Crippen LogP) is -0.495. The second-order valence-electron chi connectivity index (χ2n) is 2.94. The lowest BCUT2D eigenvalue weighted by Crippen LogP contribution is -2.45. The van der Waals surface area contributed by atoms with E-state index in [1.807, 2.05) is 0 Å². The van der Waals surface area contributed by atoms with E-state index in [0.717, 1.165) is 0 Å². The second-order valence-corrected chi connectivity index (χ2v) is 2.94. The molecule has 0 heterocycles. The molecule has 0 spiro atoms. The number of nitrogens with zero attached hydrogens (tertiary/aromatic N) is 1. The van der Waals surface area contributed by atoms with E-state index in [9.17, 15) is 17.3 Å². The summed E-state index contributed by atoms with van der Waals surface area (Å²) < 4.78 is 39.0. The maximum Gasteiger partial charge on any atom is 0.673 e. The average Bonchev–Trinajstić information content (AvgIpc) is 2.30. The maximum atomic E-state index is 9.75. The van der Waals surface area contributed by atoms with Crippen molar-refractivity contribution in [1.82, 2.24) is 0 Å². The summed E-state index contributed by atoms with van der Waals surface area (Å²) in [6.45, 7) is -0.398. The summed E-state index contributed by atoms with van der Waals surface area (Å²) in [5, 5.41) is 25.6. The number of quaternary nitrogens is 1. The van der Waals surface area contributed by atoms with Gasteiger partial charge in [-0.05, 0) is 0 Å². The lowest BCUT2D eigenvalue weighted by atomic mass is 10.3. The molecule has 3 N–H and O–H groups in total. The standard InChI is InChI=1S/C7H18NO6.BF4/c1-8(12-5-2-9,13-6-3-10)14-7-4-11;2-1(3,4)5/h9-11H,2-7H2,1H3;/q+1;-1. The highest BCUT2D eigenvalue weighted by Crippen LogP contribution is 2.07. The fourth-order valence-corrected chi connectivity index (χ4v) is 0.732. The molecule has 0 aromatic carbocycles. The summed E-state index contributed by atoms with van der Waals surface area (Å²) in [5.41, 5.74) is 0. The van der Waals surface area contributed by atoms with Crippen molar-refractivity contribution in [2.45, 2.75) is 0 Å². The molecule has 0 atom stereocenters. The van der Waals surface area contributed by atoms with Crippen LogP contribution in [-0.4, -0.2) is 74.2 Å². The monoisotopic (exact) mass is 299 g/mol. The summed E-state index contributed by atoms with van der Waals surface area (Å²) >= 11 is 0. The molecule has 0 amide bonds. The number of halogens is 4. The van der Waals surface area contributed by atoms with Gasteiger partial charge in [0.15, 0.2) is 7.05 Å². The van der Waals surface area contributed by atoms with Crippen LogP contribution >= 0.6 is 0 Å². The van der Waals surface area contributed by atoms with Crippen molar-refractivity contribution in [3.05, 3.63) is 0 Å². The molecule has 0 aromatic rings. The molecule has 0 aliphatic heterocycles. The Bertz CT molecular complexity index is 183. The SMILES string of the molecule is C[N+](OCCO)(OCCO)OCCO.F[B-](F)(F)F. The molecule has 0 saturated heterocycles. The summed E-state index contributed by atoms with van der Waals surface area (Å²) in [5.74, 6) is 0. The highest BCUT2D eigenvalue weighted by Gasteiger charge is 2.27. The van der Waals surface area contributed by atoms with Crippen molar-refractivity contribution in [3.8, 4) is 0 Å². The minimum absolute atomic E-state index is 0.0351. The van der Waals surface area contributed by atoms with E-state index >= 15 is 0 Å². The van der Waals surface area contributed by atoms with Crippen LogP contribution in [0, 0.1) is 0 Å². The van der Waals surface area contributed by atoms with Crippen LogP contribution in [-0.2, 0) is 14.5 Å². The molecule has 19 heavy (non-hydrogen) atoms. The van der Waals surface area contributed by atoms with E-state index in [0.29, 0.717) is 0 Å². The lowest BCUT2D eigenvalue weighted by molar-refractivity contribution is -1.36. The third-order valence-electron chi connectivity index (χ3n) is 1.25. The lowest BCUT2D eigenvalue weighted by Gasteiger charge is -2.24. The van der Waals surface area contributed by atoms with Crippen molar-refractivity contribution < 1.29 is 52.1 Å². The molecule has 12 heteroatoms. The molecular formula is C7H18BF4NO6. The first-order chi connectivity index (χ1) is 8.68. The molecule has 0 rings (SSSR count). The fourth-order valence-electron chi connectivity index (χ4n) is 0.732. The number of aliphatic hydroxyl groups is 3. The quantitative estimate of drug-likeness (QED) is 0.230. The third-order valence-corrected chi connectivity index (χ3v) is 1.25. The fraction of sp³-hybridized carbons (Fsp3) is 1.00. The average molecular weight is 299 g/mol. The van der Waals surface area contributed by atoms with Crippen molar-refractivity contribution in [2.75, 3.05) is 46.7 Å². The third kappa shape index (κ3) is 20.0. The molecule has 0 aromatic heterocycles. The molecule has 0 bridgehead atoms. The van der Waals surface area contributed by atoms with Crippen molar-refractivity contribution in [2.24, 2.45) is 0 Å².